The van der Waals surface area contributed by atoms with Gasteiger partial charge in [-0.2, -0.15) is 0 Å². The summed E-state index contributed by atoms with van der Waals surface area (Å²) >= 11 is 0. The number of benzene rings is 2. The molecule has 3 amide bonds. The van der Waals surface area contributed by atoms with Crippen LogP contribution in [0.1, 0.15) is 64.8 Å². The van der Waals surface area contributed by atoms with Crippen molar-refractivity contribution in [1.82, 2.24) is 9.80 Å². The minimum atomic E-state index is -0.247. The Balaban J connectivity index is 1.06. The molecule has 0 aromatic heterocycles. The third-order valence-electron chi connectivity index (χ3n) is 9.40. The first-order valence-corrected chi connectivity index (χ1v) is 17.2. The summed E-state index contributed by atoms with van der Waals surface area (Å²) in [6, 6.07) is 6.77. The van der Waals surface area contributed by atoms with Gasteiger partial charge in [0.25, 0.3) is 11.8 Å². The molecule has 50 heavy (non-hydrogen) atoms. The smallest absolute Gasteiger partial charge is 0.394 e. The minimum Gasteiger partial charge on any atom is -0.493 e. The third-order valence-corrected chi connectivity index (χ3v) is 9.40. The summed E-state index contributed by atoms with van der Waals surface area (Å²) in [7, 11) is 1.56. The number of amides is 3. The van der Waals surface area contributed by atoms with E-state index in [1.54, 1.807) is 39.7 Å². The Labute approximate surface area is 292 Å². The highest BCUT2D eigenvalue weighted by Gasteiger charge is 2.41. The van der Waals surface area contributed by atoms with Crippen LogP contribution in [0.25, 0.3) is 0 Å². The molecular formula is C38H46N5O7+. The normalized spacial score (nSPS) is 19.4. The number of nitrogens with two attached hydrogens (primary N) is 1. The number of hydrogen-bond acceptors (Lipinski definition) is 9. The van der Waals surface area contributed by atoms with Crippen molar-refractivity contribution < 1.29 is 37.9 Å². The van der Waals surface area contributed by atoms with E-state index in [-0.39, 0.29) is 42.8 Å². The van der Waals surface area contributed by atoms with Gasteiger partial charge in [-0.25, -0.2) is 4.79 Å². The molecule has 0 unspecified atom stereocenters. The number of carbonyl (C=O) groups excluding carboxylic acids is 3. The van der Waals surface area contributed by atoms with Crippen LogP contribution in [0.3, 0.4) is 0 Å². The van der Waals surface area contributed by atoms with Gasteiger partial charge in [0.15, 0.2) is 17.7 Å². The Morgan fingerprint density at radius 2 is 1.56 bits per heavy atom. The van der Waals surface area contributed by atoms with Crippen molar-refractivity contribution in [2.45, 2.75) is 57.5 Å². The number of fused-ring (bicyclic) bond motifs is 4. The van der Waals surface area contributed by atoms with Crippen molar-refractivity contribution in [2.75, 3.05) is 53.2 Å². The SMILES string of the molecule is C=C1C[C@H]2C=Nc3cc(OCCCCCOc4cc5c(cc4C)C(=O)N4CC(=C)C[C@H]4C=[N+]5C(=O)CCOCCN)c(OC)cc3C(=O)N2C1. The van der Waals surface area contributed by atoms with Gasteiger partial charge in [-0.15, -0.1) is 4.58 Å². The van der Waals surface area contributed by atoms with E-state index in [9.17, 15) is 14.4 Å². The number of hydrogen-bond donors (Lipinski definition) is 1. The molecule has 4 heterocycles. The molecule has 12 nitrogen and oxygen atoms in total. The predicted molar refractivity (Wildman–Crippen MR) is 190 cm³/mol. The van der Waals surface area contributed by atoms with E-state index in [0.717, 1.165) is 42.4 Å². The maximum absolute atomic E-state index is 13.7. The third kappa shape index (κ3) is 7.36. The van der Waals surface area contributed by atoms with Gasteiger partial charge in [0, 0.05) is 31.9 Å². The van der Waals surface area contributed by atoms with Crippen molar-refractivity contribution in [3.8, 4) is 17.2 Å². The molecule has 2 aromatic rings. The molecule has 2 fully saturated rings. The van der Waals surface area contributed by atoms with Crippen LogP contribution in [-0.4, -0.2) is 110 Å². The molecule has 2 aromatic carbocycles. The van der Waals surface area contributed by atoms with Crippen molar-refractivity contribution in [1.29, 1.82) is 0 Å². The van der Waals surface area contributed by atoms with Crippen LogP contribution in [0.5, 0.6) is 17.2 Å². The fourth-order valence-electron chi connectivity index (χ4n) is 6.83. The molecule has 2 atom stereocenters. The maximum Gasteiger partial charge on any atom is 0.394 e. The summed E-state index contributed by atoms with van der Waals surface area (Å²) in [6.45, 7) is 12.9. The van der Waals surface area contributed by atoms with Crippen molar-refractivity contribution >= 4 is 41.5 Å². The van der Waals surface area contributed by atoms with Gasteiger partial charge in [0.1, 0.15) is 17.4 Å². The molecule has 0 bridgehead atoms. The van der Waals surface area contributed by atoms with E-state index in [4.69, 9.17) is 24.7 Å². The van der Waals surface area contributed by atoms with Gasteiger partial charge in [0.05, 0.1) is 63.3 Å². The van der Waals surface area contributed by atoms with Gasteiger partial charge in [-0.1, -0.05) is 24.3 Å². The fourth-order valence-corrected chi connectivity index (χ4v) is 6.83. The molecule has 4 aliphatic rings. The molecule has 2 saturated heterocycles. The fraction of sp³-hybridized carbons (Fsp3) is 0.447. The Bertz CT molecular complexity index is 1770. The minimum absolute atomic E-state index is 0.0814. The predicted octanol–water partition coefficient (Wildman–Crippen LogP) is 4.51. The number of ether oxygens (including phenoxy) is 4. The second kappa shape index (κ2) is 15.4. The highest BCUT2D eigenvalue weighted by Crippen LogP contribution is 2.39. The number of carbonyl (C=O) groups is 3. The largest absolute Gasteiger partial charge is 0.493 e. The molecule has 6 rings (SSSR count). The second-order valence-electron chi connectivity index (χ2n) is 13.2. The Hall–Kier alpha value is -4.81. The lowest BCUT2D eigenvalue weighted by Crippen LogP contribution is -2.36. The number of nitrogens with zero attached hydrogens (tertiary/aromatic N) is 4. The van der Waals surface area contributed by atoms with E-state index in [0.29, 0.717) is 85.6 Å². The van der Waals surface area contributed by atoms with Crippen molar-refractivity contribution in [2.24, 2.45) is 10.7 Å². The number of aryl methyl sites for hydroxylation is 1. The Kier molecular flexibility index (Phi) is 10.8. The monoisotopic (exact) mass is 684 g/mol. The van der Waals surface area contributed by atoms with Crippen LogP contribution in [0.4, 0.5) is 11.4 Å². The summed E-state index contributed by atoms with van der Waals surface area (Å²) < 4.78 is 24.9. The highest BCUT2D eigenvalue weighted by atomic mass is 16.5. The first-order valence-electron chi connectivity index (χ1n) is 17.2. The highest BCUT2D eigenvalue weighted by molar-refractivity contribution is 6.04. The molecule has 264 valence electrons. The van der Waals surface area contributed by atoms with Crippen LogP contribution in [0.15, 0.2) is 53.6 Å². The van der Waals surface area contributed by atoms with Crippen LogP contribution < -0.4 is 19.9 Å². The topological polar surface area (TPSA) is 136 Å². The first-order chi connectivity index (χ1) is 24.2. The van der Waals surface area contributed by atoms with Gasteiger partial charge in [0.2, 0.25) is 5.69 Å². The van der Waals surface area contributed by atoms with E-state index in [1.807, 2.05) is 25.4 Å². The summed E-state index contributed by atoms with van der Waals surface area (Å²) in [5.41, 5.74) is 10.4. The quantitative estimate of drug-likeness (QED) is 0.175. The average molecular weight is 685 g/mol. The van der Waals surface area contributed by atoms with E-state index in [1.165, 1.54) is 0 Å². The van der Waals surface area contributed by atoms with Gasteiger partial charge in [-0.3, -0.25) is 14.6 Å². The summed E-state index contributed by atoms with van der Waals surface area (Å²) in [4.78, 5) is 48.5. The van der Waals surface area contributed by atoms with E-state index in [2.05, 4.69) is 18.2 Å². The summed E-state index contributed by atoms with van der Waals surface area (Å²) in [5, 5.41) is 0. The average Bonchev–Trinajstić information content (AvgIpc) is 3.61. The first kappa shape index (κ1) is 35.0. The van der Waals surface area contributed by atoms with Crippen molar-refractivity contribution in [3.05, 3.63) is 65.3 Å². The lowest BCUT2D eigenvalue weighted by atomic mass is 10.1. The molecule has 0 radical (unpaired) electrons. The summed E-state index contributed by atoms with van der Waals surface area (Å²) in [6.07, 6.45) is 7.52. The Morgan fingerprint density at radius 1 is 0.880 bits per heavy atom. The molecule has 0 aliphatic carbocycles. The zero-order chi connectivity index (χ0) is 35.4. The standard InChI is InChI=1S/C38H46N5O7/c1-24-14-27-20-40-31-18-35(34(47-4)17-29(31)37(45)41(27)21-24)50-11-7-5-6-10-49-33-19-32-30(16-26(33)3)38(46)42-22-25(2)15-28(42)23-43(32)36(44)8-12-48-13-9-39/h16-20,23,27-28H,1-2,5-15,21-22,39H2,3-4H3/q+1/t27-,28-/m0/s1. The van der Waals surface area contributed by atoms with E-state index >= 15 is 0 Å². The molecule has 0 saturated carbocycles. The second-order valence-corrected chi connectivity index (χ2v) is 13.2. The number of methoxy groups -OCH3 is 1. The number of unbranched alkanes of at least 4 members (excludes halogenated alkanes) is 2. The summed E-state index contributed by atoms with van der Waals surface area (Å²) in [5.74, 6) is 1.28. The molecule has 2 N–H and O–H groups in total. The van der Waals surface area contributed by atoms with Crippen LogP contribution in [0, 0.1) is 6.92 Å². The molecule has 0 spiro atoms. The van der Waals surface area contributed by atoms with Gasteiger partial charge in [-0.05, 0) is 56.7 Å². The molecule has 4 aliphatic heterocycles. The maximum atomic E-state index is 13.7. The zero-order valence-corrected chi connectivity index (χ0v) is 28.9. The van der Waals surface area contributed by atoms with Crippen LogP contribution >= 0.6 is 0 Å². The van der Waals surface area contributed by atoms with E-state index < -0.39 is 0 Å². The van der Waals surface area contributed by atoms with Gasteiger partial charge < -0.3 is 34.5 Å². The molecule has 12 heteroatoms. The lowest BCUT2D eigenvalue weighted by Gasteiger charge is -2.20. The lowest BCUT2D eigenvalue weighted by molar-refractivity contribution is -0.365. The van der Waals surface area contributed by atoms with Crippen LogP contribution in [-0.2, 0) is 9.53 Å². The van der Waals surface area contributed by atoms with Crippen LogP contribution in [0.2, 0.25) is 0 Å². The zero-order valence-electron chi connectivity index (χ0n) is 28.9. The molecular weight excluding hydrogens is 638 g/mol. The Morgan fingerprint density at radius 3 is 2.28 bits per heavy atom. The van der Waals surface area contributed by atoms with Gasteiger partial charge >= 0.3 is 5.91 Å². The number of rotatable bonds is 14. The number of aliphatic imine (C=N–C) groups is 1. The van der Waals surface area contributed by atoms with Crippen molar-refractivity contribution in [3.63, 3.8) is 0 Å².